The molecule has 0 atom stereocenters. The van der Waals surface area contributed by atoms with E-state index >= 15 is 0 Å². The number of fused-ring (bicyclic) bond motifs is 3. The van der Waals surface area contributed by atoms with Gasteiger partial charge in [-0.25, -0.2) is 0 Å². The second kappa shape index (κ2) is 12.4. The predicted octanol–water partition coefficient (Wildman–Crippen LogP) is 8.51. The van der Waals surface area contributed by atoms with E-state index in [4.69, 9.17) is 9.05 Å². The number of benzene rings is 2. The lowest BCUT2D eigenvalue weighted by Gasteiger charge is -2.31. The quantitative estimate of drug-likeness (QED) is 0.202. The normalized spacial score (nSPS) is 15.0. The summed E-state index contributed by atoms with van der Waals surface area (Å²) in [5.41, 5.74) is 1.53. The number of carbonyl (C=O) groups is 1. The van der Waals surface area contributed by atoms with Gasteiger partial charge in [0.25, 0.3) is 0 Å². The Labute approximate surface area is 236 Å². The molecule has 0 bridgehead atoms. The molecule has 1 N–H and O–H groups in total. The first-order valence-electron chi connectivity index (χ1n) is 13.9. The van der Waals surface area contributed by atoms with E-state index in [1.54, 1.807) is 0 Å². The summed E-state index contributed by atoms with van der Waals surface area (Å²) in [5.74, 6) is -0.657. The van der Waals surface area contributed by atoms with Crippen molar-refractivity contribution in [1.82, 2.24) is 5.32 Å². The van der Waals surface area contributed by atoms with Crippen molar-refractivity contribution < 1.29 is 31.6 Å². The van der Waals surface area contributed by atoms with Crippen LogP contribution in [-0.4, -0.2) is 38.0 Å². The largest absolute Gasteiger partial charge is 0.405 e. The SMILES string of the molecule is CC(C)(C)COP(=O)(CCCCCC1(C(=O)NCC(F)(F)F)c2ccccc2-c2ccccc21)OCC(C)(C)C. The summed E-state index contributed by atoms with van der Waals surface area (Å²) >= 11 is 0. The van der Waals surface area contributed by atoms with Crippen LogP contribution >= 0.6 is 7.60 Å². The van der Waals surface area contributed by atoms with E-state index in [2.05, 4.69) is 5.32 Å². The van der Waals surface area contributed by atoms with Crippen LogP contribution in [0, 0.1) is 10.8 Å². The number of amides is 1. The zero-order valence-corrected chi connectivity index (χ0v) is 25.4. The Bertz CT molecular complexity index is 1150. The summed E-state index contributed by atoms with van der Waals surface area (Å²) in [6, 6.07) is 14.8. The van der Waals surface area contributed by atoms with Gasteiger partial charge in [0.05, 0.1) is 19.4 Å². The van der Waals surface area contributed by atoms with Gasteiger partial charge >= 0.3 is 13.8 Å². The number of unbranched alkanes of at least 4 members (excludes halogenated alkanes) is 2. The molecular weight excluding hydrogens is 538 g/mol. The van der Waals surface area contributed by atoms with Crippen LogP contribution in [0.3, 0.4) is 0 Å². The number of nitrogens with one attached hydrogen (secondary N) is 1. The maximum Gasteiger partial charge on any atom is 0.405 e. The van der Waals surface area contributed by atoms with Crippen molar-refractivity contribution in [1.29, 1.82) is 0 Å². The second-order valence-corrected chi connectivity index (χ2v) is 15.3. The van der Waals surface area contributed by atoms with Crippen LogP contribution in [0.2, 0.25) is 0 Å². The number of alkyl halides is 3. The highest BCUT2D eigenvalue weighted by Crippen LogP contribution is 2.53. The van der Waals surface area contributed by atoms with Gasteiger partial charge in [-0.1, -0.05) is 103 Å². The van der Waals surface area contributed by atoms with E-state index in [-0.39, 0.29) is 17.0 Å². The van der Waals surface area contributed by atoms with E-state index in [1.807, 2.05) is 90.1 Å². The van der Waals surface area contributed by atoms with Crippen molar-refractivity contribution in [3.8, 4) is 11.1 Å². The topological polar surface area (TPSA) is 64.6 Å². The summed E-state index contributed by atoms with van der Waals surface area (Å²) in [6.07, 6.45) is -2.27. The van der Waals surface area contributed by atoms with Crippen LogP contribution in [-0.2, 0) is 23.8 Å². The Morgan fingerprint density at radius 1 is 0.800 bits per heavy atom. The minimum atomic E-state index is -4.52. The summed E-state index contributed by atoms with van der Waals surface area (Å²) in [6.45, 7) is 11.2. The number of hydrogen-bond acceptors (Lipinski definition) is 4. The Morgan fingerprint density at radius 3 is 1.73 bits per heavy atom. The van der Waals surface area contributed by atoms with Gasteiger partial charge in [-0.3, -0.25) is 9.36 Å². The van der Waals surface area contributed by atoms with Crippen LogP contribution < -0.4 is 5.32 Å². The van der Waals surface area contributed by atoms with E-state index in [1.165, 1.54) is 0 Å². The van der Waals surface area contributed by atoms with Crippen molar-refractivity contribution in [3.63, 3.8) is 0 Å². The van der Waals surface area contributed by atoms with Crippen LogP contribution in [0.1, 0.15) is 78.4 Å². The molecule has 1 aliphatic carbocycles. The molecule has 0 radical (unpaired) electrons. The molecule has 2 aromatic carbocycles. The lowest BCUT2D eigenvalue weighted by Crippen LogP contribution is -2.47. The van der Waals surface area contributed by atoms with Crippen LogP contribution in [0.25, 0.3) is 11.1 Å². The number of hydrogen-bond donors (Lipinski definition) is 1. The highest BCUT2D eigenvalue weighted by molar-refractivity contribution is 7.53. The first-order valence-corrected chi connectivity index (χ1v) is 15.6. The molecule has 1 amide bonds. The standard InChI is InChI=1S/C31H43F3NO4P/c1-28(2,3)21-38-40(37,39-22-29(4,5)6)19-13-7-12-18-30(27(36)35-20-31(32,33)34)25-16-10-8-14-23(25)24-15-9-11-17-26(24)30/h8-11,14-17H,7,12-13,18-22H2,1-6H3,(H,35,36). The molecule has 0 heterocycles. The molecular formula is C31H43F3NO4P. The van der Waals surface area contributed by atoms with Crippen molar-refractivity contribution in [2.45, 2.75) is 78.8 Å². The van der Waals surface area contributed by atoms with Gasteiger partial charge in [-0.2, -0.15) is 13.2 Å². The molecule has 2 aromatic rings. The molecule has 3 rings (SSSR count). The smallest absolute Gasteiger partial charge is 0.346 e. The molecule has 9 heteroatoms. The van der Waals surface area contributed by atoms with Gasteiger partial charge in [0.2, 0.25) is 5.91 Å². The van der Waals surface area contributed by atoms with Crippen LogP contribution in [0.15, 0.2) is 48.5 Å². The van der Waals surface area contributed by atoms with Crippen molar-refractivity contribution >= 4 is 13.5 Å². The maximum atomic E-state index is 13.6. The average molecular weight is 582 g/mol. The van der Waals surface area contributed by atoms with Crippen LogP contribution in [0.5, 0.6) is 0 Å². The lowest BCUT2D eigenvalue weighted by molar-refractivity contribution is -0.141. The number of carbonyl (C=O) groups excluding carboxylic acids is 1. The van der Waals surface area contributed by atoms with E-state index in [9.17, 15) is 22.5 Å². The molecule has 1 aliphatic rings. The number of halogens is 3. The first-order chi connectivity index (χ1) is 18.5. The van der Waals surface area contributed by atoms with Gasteiger partial charge in [-0.15, -0.1) is 0 Å². The predicted molar refractivity (Wildman–Crippen MR) is 153 cm³/mol. The highest BCUT2D eigenvalue weighted by Gasteiger charge is 2.49. The molecule has 0 aliphatic heterocycles. The summed E-state index contributed by atoms with van der Waals surface area (Å²) in [7, 11) is -3.35. The minimum absolute atomic E-state index is 0.180. The summed E-state index contributed by atoms with van der Waals surface area (Å²) in [4.78, 5) is 13.6. The first kappa shape index (κ1) is 32.4. The highest BCUT2D eigenvalue weighted by atomic mass is 31.2. The number of rotatable bonds is 12. The molecule has 0 saturated heterocycles. The fourth-order valence-electron chi connectivity index (χ4n) is 4.91. The van der Waals surface area contributed by atoms with Crippen molar-refractivity contribution in [2.75, 3.05) is 25.9 Å². The van der Waals surface area contributed by atoms with Gasteiger partial charge in [-0.05, 0) is 45.9 Å². The maximum absolute atomic E-state index is 13.6. The van der Waals surface area contributed by atoms with Crippen molar-refractivity contribution in [2.24, 2.45) is 10.8 Å². The van der Waals surface area contributed by atoms with Crippen molar-refractivity contribution in [3.05, 3.63) is 59.7 Å². The second-order valence-electron chi connectivity index (χ2n) is 13.1. The zero-order chi connectivity index (χ0) is 29.8. The summed E-state index contributed by atoms with van der Waals surface area (Å²) < 4.78 is 64.6. The average Bonchev–Trinajstić information content (AvgIpc) is 3.15. The Kier molecular flexibility index (Phi) is 10.0. The third-order valence-corrected chi connectivity index (χ3v) is 8.68. The Morgan fingerprint density at radius 2 is 1.27 bits per heavy atom. The van der Waals surface area contributed by atoms with E-state index < -0.39 is 31.6 Å². The molecule has 0 unspecified atom stereocenters. The Hall–Kier alpha value is -2.15. The van der Waals surface area contributed by atoms with Gasteiger partial charge in [0, 0.05) is 0 Å². The molecule has 0 spiro atoms. The summed E-state index contributed by atoms with van der Waals surface area (Å²) in [5, 5.41) is 2.17. The fourth-order valence-corrected chi connectivity index (χ4v) is 7.02. The third-order valence-electron chi connectivity index (χ3n) is 6.77. The molecule has 0 saturated carbocycles. The minimum Gasteiger partial charge on any atom is -0.346 e. The molecule has 0 aromatic heterocycles. The molecule has 40 heavy (non-hydrogen) atoms. The zero-order valence-electron chi connectivity index (χ0n) is 24.5. The van der Waals surface area contributed by atoms with E-state index in [0.717, 1.165) is 11.1 Å². The van der Waals surface area contributed by atoms with Gasteiger partial charge in [0.1, 0.15) is 12.0 Å². The van der Waals surface area contributed by atoms with Crippen LogP contribution in [0.4, 0.5) is 13.2 Å². The fraction of sp³-hybridized carbons (Fsp3) is 0.581. The van der Waals surface area contributed by atoms with Gasteiger partial charge < -0.3 is 14.4 Å². The third kappa shape index (κ3) is 8.43. The Balaban J connectivity index is 1.78. The molecule has 0 fully saturated rings. The monoisotopic (exact) mass is 581 g/mol. The van der Waals surface area contributed by atoms with Gasteiger partial charge in [0.15, 0.2) is 0 Å². The molecule has 5 nitrogen and oxygen atoms in total. The molecule has 222 valence electrons. The lowest BCUT2D eigenvalue weighted by atomic mass is 9.73. The van der Waals surface area contributed by atoms with E-state index in [0.29, 0.717) is 50.0 Å².